The largest absolute Gasteiger partial charge is 0.481 e. The molecular formula is C28H32N2O5. The van der Waals surface area contributed by atoms with Crippen molar-refractivity contribution < 1.29 is 24.2 Å². The van der Waals surface area contributed by atoms with Gasteiger partial charge in [0.2, 0.25) is 5.91 Å². The van der Waals surface area contributed by atoms with Crippen LogP contribution in [0.2, 0.25) is 0 Å². The highest BCUT2D eigenvalue weighted by atomic mass is 16.5. The number of piperidine rings is 1. The zero-order valence-corrected chi connectivity index (χ0v) is 20.1. The number of likely N-dealkylation sites (tertiary alicyclic amines) is 1. The molecule has 2 amide bonds. The summed E-state index contributed by atoms with van der Waals surface area (Å²) < 4.78 is 5.62. The van der Waals surface area contributed by atoms with Crippen LogP contribution in [0.15, 0.2) is 48.5 Å². The average Bonchev–Trinajstić information content (AvgIpc) is 3.19. The van der Waals surface area contributed by atoms with Crippen LogP contribution in [0.4, 0.5) is 4.79 Å². The van der Waals surface area contributed by atoms with Gasteiger partial charge < -0.3 is 20.1 Å². The SMILES string of the molecule is CC(C)CC(CNC(=O)OCC1c2ccccc2-c2ccccc21)C(=O)N1CC2C(C1)C2C(=O)O. The number of carboxylic acids is 1. The van der Waals surface area contributed by atoms with Gasteiger partial charge in [-0.3, -0.25) is 9.59 Å². The summed E-state index contributed by atoms with van der Waals surface area (Å²) in [5, 5.41) is 12.0. The van der Waals surface area contributed by atoms with Crippen LogP contribution in [0.25, 0.3) is 11.1 Å². The van der Waals surface area contributed by atoms with E-state index in [1.165, 1.54) is 11.1 Å². The van der Waals surface area contributed by atoms with Gasteiger partial charge in [-0.2, -0.15) is 0 Å². The number of ether oxygens (including phenoxy) is 1. The molecule has 1 saturated carbocycles. The van der Waals surface area contributed by atoms with Crippen molar-refractivity contribution in [2.45, 2.75) is 26.2 Å². The lowest BCUT2D eigenvalue weighted by atomic mass is 9.95. The first-order valence-electron chi connectivity index (χ1n) is 12.5. The number of carbonyl (C=O) groups is 3. The molecule has 3 aliphatic rings. The number of hydrogen-bond donors (Lipinski definition) is 2. The summed E-state index contributed by atoms with van der Waals surface area (Å²) in [7, 11) is 0. The van der Waals surface area contributed by atoms with Crippen LogP contribution in [-0.2, 0) is 14.3 Å². The Kier molecular flexibility index (Phi) is 6.26. The zero-order chi connectivity index (χ0) is 24.7. The second kappa shape index (κ2) is 9.36. The second-order valence-electron chi connectivity index (χ2n) is 10.5. The molecule has 2 N–H and O–H groups in total. The molecule has 2 aromatic rings. The summed E-state index contributed by atoms with van der Waals surface area (Å²) in [6, 6.07) is 16.4. The van der Waals surface area contributed by atoms with Crippen LogP contribution < -0.4 is 5.32 Å². The van der Waals surface area contributed by atoms with E-state index in [0.29, 0.717) is 19.5 Å². The highest BCUT2D eigenvalue weighted by Gasteiger charge is 2.60. The Morgan fingerprint density at radius 3 is 2.11 bits per heavy atom. The smallest absolute Gasteiger partial charge is 0.407 e. The number of aliphatic carboxylic acids is 1. The molecule has 0 radical (unpaired) electrons. The summed E-state index contributed by atoms with van der Waals surface area (Å²) in [5.41, 5.74) is 4.66. The second-order valence-corrected chi connectivity index (χ2v) is 10.5. The van der Waals surface area contributed by atoms with Crippen molar-refractivity contribution in [1.82, 2.24) is 10.2 Å². The molecule has 0 bridgehead atoms. The monoisotopic (exact) mass is 476 g/mol. The Morgan fingerprint density at radius 2 is 1.57 bits per heavy atom. The number of benzene rings is 2. The Balaban J connectivity index is 1.17. The number of alkyl carbamates (subject to hydrolysis) is 1. The van der Waals surface area contributed by atoms with E-state index in [1.54, 1.807) is 4.90 Å². The molecule has 3 unspecified atom stereocenters. The summed E-state index contributed by atoms with van der Waals surface area (Å²) >= 11 is 0. The minimum atomic E-state index is -0.761. The number of fused-ring (bicyclic) bond motifs is 4. The molecule has 1 heterocycles. The first-order valence-corrected chi connectivity index (χ1v) is 12.5. The minimum absolute atomic E-state index is 0.00557. The summed E-state index contributed by atoms with van der Waals surface area (Å²) in [6.45, 7) is 5.54. The summed E-state index contributed by atoms with van der Waals surface area (Å²) in [5.74, 6) is -0.996. The van der Waals surface area contributed by atoms with Gasteiger partial charge in [-0.1, -0.05) is 62.4 Å². The summed E-state index contributed by atoms with van der Waals surface area (Å²) in [4.78, 5) is 38.8. The Bertz CT molecular complexity index is 1090. The fraction of sp³-hybridized carbons (Fsp3) is 0.464. The molecule has 0 aromatic heterocycles. The van der Waals surface area contributed by atoms with Gasteiger partial charge in [-0.05, 0) is 46.4 Å². The maximum atomic E-state index is 13.2. The quantitative estimate of drug-likeness (QED) is 0.601. The predicted molar refractivity (Wildman–Crippen MR) is 131 cm³/mol. The van der Waals surface area contributed by atoms with Gasteiger partial charge in [-0.25, -0.2) is 4.79 Å². The highest BCUT2D eigenvalue weighted by molar-refractivity contribution is 5.82. The first-order chi connectivity index (χ1) is 16.8. The van der Waals surface area contributed by atoms with E-state index in [-0.39, 0.29) is 54.6 Å². The van der Waals surface area contributed by atoms with Crippen molar-refractivity contribution in [2.75, 3.05) is 26.2 Å². The lowest BCUT2D eigenvalue weighted by Gasteiger charge is -2.26. The molecule has 2 aliphatic carbocycles. The lowest BCUT2D eigenvalue weighted by Crippen LogP contribution is -2.42. The predicted octanol–water partition coefficient (Wildman–Crippen LogP) is 3.98. The van der Waals surface area contributed by atoms with E-state index < -0.39 is 12.1 Å². The van der Waals surface area contributed by atoms with Crippen LogP contribution in [0.1, 0.15) is 37.3 Å². The van der Waals surface area contributed by atoms with Gasteiger partial charge >= 0.3 is 12.1 Å². The van der Waals surface area contributed by atoms with Gasteiger partial charge in [0.1, 0.15) is 6.61 Å². The molecule has 0 spiro atoms. The van der Waals surface area contributed by atoms with Crippen LogP contribution in [0, 0.1) is 29.6 Å². The van der Waals surface area contributed by atoms with Gasteiger partial charge in [0.05, 0.1) is 11.8 Å². The van der Waals surface area contributed by atoms with Crippen molar-refractivity contribution >= 4 is 18.0 Å². The van der Waals surface area contributed by atoms with Crippen molar-refractivity contribution in [3.63, 3.8) is 0 Å². The minimum Gasteiger partial charge on any atom is -0.481 e. The van der Waals surface area contributed by atoms with E-state index in [1.807, 2.05) is 24.3 Å². The third-order valence-electron chi connectivity index (χ3n) is 7.73. The number of rotatable bonds is 8. The lowest BCUT2D eigenvalue weighted by molar-refractivity contribution is -0.141. The maximum absolute atomic E-state index is 13.2. The normalized spacial score (nSPS) is 22.8. The molecule has 5 rings (SSSR count). The van der Waals surface area contributed by atoms with E-state index >= 15 is 0 Å². The van der Waals surface area contributed by atoms with Crippen LogP contribution >= 0.6 is 0 Å². The van der Waals surface area contributed by atoms with Crippen molar-refractivity contribution in [1.29, 1.82) is 0 Å². The topological polar surface area (TPSA) is 95.9 Å². The molecule has 2 fully saturated rings. The first kappa shape index (κ1) is 23.4. The fourth-order valence-electron chi connectivity index (χ4n) is 6.03. The molecule has 7 heteroatoms. The van der Waals surface area contributed by atoms with Crippen LogP contribution in [-0.4, -0.2) is 54.2 Å². The molecular weight excluding hydrogens is 444 g/mol. The van der Waals surface area contributed by atoms with Crippen molar-refractivity contribution in [2.24, 2.45) is 29.6 Å². The number of carboxylic acid groups (broad SMARTS) is 1. The number of amides is 2. The standard InChI is InChI=1S/C28H32N2O5/c1-16(2)11-17(26(31)30-13-22-23(14-30)25(22)27(32)33)12-29-28(34)35-15-24-20-9-5-3-7-18(20)19-8-4-6-10-21(19)24/h3-10,16-17,22-25H,11-15H2,1-2H3,(H,29,34)(H,32,33). The van der Waals surface area contributed by atoms with Crippen LogP contribution in [0.3, 0.4) is 0 Å². The fourth-order valence-corrected chi connectivity index (χ4v) is 6.03. The van der Waals surface area contributed by atoms with E-state index in [2.05, 4.69) is 43.4 Å². The zero-order valence-electron chi connectivity index (χ0n) is 20.1. The molecule has 1 aliphatic heterocycles. The number of nitrogens with one attached hydrogen (secondary N) is 1. The third-order valence-corrected chi connectivity index (χ3v) is 7.73. The Labute approximate surface area is 205 Å². The number of carbonyl (C=O) groups excluding carboxylic acids is 2. The van der Waals surface area contributed by atoms with Gasteiger partial charge in [0.15, 0.2) is 0 Å². The molecule has 2 aromatic carbocycles. The van der Waals surface area contributed by atoms with Gasteiger partial charge in [0, 0.05) is 25.6 Å². The maximum Gasteiger partial charge on any atom is 0.407 e. The molecule has 35 heavy (non-hydrogen) atoms. The van der Waals surface area contributed by atoms with Crippen molar-refractivity contribution in [3.05, 3.63) is 59.7 Å². The average molecular weight is 477 g/mol. The number of hydrogen-bond acceptors (Lipinski definition) is 4. The van der Waals surface area contributed by atoms with E-state index in [4.69, 9.17) is 4.74 Å². The molecule has 3 atom stereocenters. The Hall–Kier alpha value is -3.35. The van der Waals surface area contributed by atoms with Crippen molar-refractivity contribution in [3.8, 4) is 11.1 Å². The molecule has 1 saturated heterocycles. The van der Waals surface area contributed by atoms with E-state index in [0.717, 1.165) is 11.1 Å². The molecule has 7 nitrogen and oxygen atoms in total. The third kappa shape index (κ3) is 4.51. The van der Waals surface area contributed by atoms with Crippen LogP contribution in [0.5, 0.6) is 0 Å². The van der Waals surface area contributed by atoms with E-state index in [9.17, 15) is 19.5 Å². The Morgan fingerprint density at radius 1 is 1.00 bits per heavy atom. The van der Waals surface area contributed by atoms with Gasteiger partial charge in [-0.15, -0.1) is 0 Å². The van der Waals surface area contributed by atoms with Gasteiger partial charge in [0.25, 0.3) is 0 Å². The number of nitrogens with zero attached hydrogens (tertiary/aromatic N) is 1. The highest BCUT2D eigenvalue weighted by Crippen LogP contribution is 2.52. The molecule has 184 valence electrons. The summed E-state index contributed by atoms with van der Waals surface area (Å²) in [6.07, 6.45) is 0.125.